The number of hydrogen-bond donors (Lipinski definition) is 1. The van der Waals surface area contributed by atoms with E-state index in [1.807, 2.05) is 74.4 Å². The van der Waals surface area contributed by atoms with E-state index in [0.29, 0.717) is 13.1 Å². The number of halogens is 3. The van der Waals surface area contributed by atoms with Crippen molar-refractivity contribution < 1.29 is 37.9 Å². The average Bonchev–Trinajstić information content (AvgIpc) is 3.52. The van der Waals surface area contributed by atoms with Crippen molar-refractivity contribution in [2.45, 2.75) is 136 Å². The third-order valence-electron chi connectivity index (χ3n) is 12.1. The SMILES string of the molecule is BrCc1ccc(Br)cc1.CC(C)(C)OC(=O)N1CCN(Cc2ccc(B3OC(C)(C)C(C)(C)O3)cc2)CC1.CC(C)(C)OC(=O)N1CCN(Cc2ccc(Br)cc2)CC1.CC(C)(C)OC(=O)N1CCNCC1. The van der Waals surface area contributed by atoms with E-state index >= 15 is 0 Å². The Kier molecular flexibility index (Phi) is 23.4. The Morgan fingerprint density at radius 3 is 1.14 bits per heavy atom. The normalized spacial score (nSPS) is 18.3. The van der Waals surface area contributed by atoms with Gasteiger partial charge in [-0.25, -0.2) is 14.4 Å². The van der Waals surface area contributed by atoms with Crippen molar-refractivity contribution in [3.63, 3.8) is 0 Å². The fourth-order valence-corrected chi connectivity index (χ4v) is 8.35. The zero-order valence-corrected chi connectivity index (χ0v) is 50.0. The number of hydrogen-bond acceptors (Lipinski definition) is 11. The fourth-order valence-electron chi connectivity index (χ4n) is 7.44. The van der Waals surface area contributed by atoms with Crippen molar-refractivity contribution >= 4 is 78.7 Å². The molecule has 3 amide bonds. The smallest absolute Gasteiger partial charge is 0.444 e. The van der Waals surface area contributed by atoms with Crippen molar-refractivity contribution in [2.24, 2.45) is 0 Å². The second-order valence-corrected chi connectivity index (χ2v) is 24.8. The van der Waals surface area contributed by atoms with Gasteiger partial charge in [-0.15, -0.1) is 0 Å². The van der Waals surface area contributed by atoms with Gasteiger partial charge in [0, 0.05) is 106 Å². The molecule has 14 nitrogen and oxygen atoms in total. The second kappa shape index (κ2) is 27.5. The molecular formula is C54H82BBr3N6O8. The average molecular weight is 1190 g/mol. The minimum absolute atomic E-state index is 0.200. The van der Waals surface area contributed by atoms with Gasteiger partial charge in [0.15, 0.2) is 0 Å². The summed E-state index contributed by atoms with van der Waals surface area (Å²) in [5.41, 5.74) is 2.97. The number of amides is 3. The van der Waals surface area contributed by atoms with E-state index in [1.54, 1.807) is 14.7 Å². The van der Waals surface area contributed by atoms with E-state index in [0.717, 1.165) is 98.3 Å². The van der Waals surface area contributed by atoms with Gasteiger partial charge < -0.3 is 43.5 Å². The van der Waals surface area contributed by atoms with Crippen LogP contribution in [-0.2, 0) is 41.9 Å². The first-order chi connectivity index (χ1) is 33.5. The molecule has 0 spiro atoms. The fraction of sp³-hybridized carbons (Fsp3) is 0.611. The van der Waals surface area contributed by atoms with Gasteiger partial charge in [0.05, 0.1) is 11.2 Å². The molecule has 400 valence electrons. The van der Waals surface area contributed by atoms with E-state index in [-0.39, 0.29) is 42.2 Å². The van der Waals surface area contributed by atoms with Gasteiger partial charge >= 0.3 is 25.4 Å². The number of piperazine rings is 3. The number of rotatable bonds is 6. The van der Waals surface area contributed by atoms with Crippen LogP contribution < -0.4 is 10.8 Å². The standard InChI is InChI=1S/C22H35BN2O4.C16H23BrN2O2.C9H18N2O2.C7H6Br2/c1-20(2,3)27-19(26)25-14-12-24(13-15-25)16-17-8-10-18(11-9-17)23-28-21(4,5)22(6,7)29-23;1-16(2,3)21-15(20)19-10-8-18(9-11-19)12-13-4-6-14(17)7-5-13;1-9(2,3)13-8(12)11-6-4-10-5-7-11;8-5-6-1-3-7(9)4-2-6/h8-11H,12-16H2,1-7H3;4-7H,8-12H2,1-3H3;10H,4-7H2,1-3H3;1-4H,5H2. The molecule has 18 heteroatoms. The molecule has 4 heterocycles. The van der Waals surface area contributed by atoms with Gasteiger partial charge in [0.25, 0.3) is 0 Å². The molecule has 4 aliphatic heterocycles. The lowest BCUT2D eigenvalue weighted by molar-refractivity contribution is 0.00578. The third-order valence-corrected chi connectivity index (χ3v) is 13.8. The number of carbonyl (C=O) groups excluding carboxylic acids is 3. The van der Waals surface area contributed by atoms with Crippen LogP contribution >= 0.6 is 47.8 Å². The molecule has 0 aromatic heterocycles. The van der Waals surface area contributed by atoms with Crippen LogP contribution in [0.5, 0.6) is 0 Å². The summed E-state index contributed by atoms with van der Waals surface area (Å²) in [7, 11) is -0.327. The predicted octanol–water partition coefficient (Wildman–Crippen LogP) is 10.7. The molecule has 4 saturated heterocycles. The number of nitrogens with one attached hydrogen (secondary N) is 1. The Labute approximate surface area is 457 Å². The summed E-state index contributed by atoms with van der Waals surface area (Å²) in [6.07, 6.45) is -0.622. The predicted molar refractivity (Wildman–Crippen MR) is 300 cm³/mol. The molecule has 3 aromatic rings. The Morgan fingerprint density at radius 2 is 0.819 bits per heavy atom. The van der Waals surface area contributed by atoms with E-state index < -0.39 is 11.2 Å². The number of ether oxygens (including phenoxy) is 3. The van der Waals surface area contributed by atoms with Gasteiger partial charge in [0.2, 0.25) is 0 Å². The summed E-state index contributed by atoms with van der Waals surface area (Å²) in [4.78, 5) is 45.7. The summed E-state index contributed by atoms with van der Waals surface area (Å²) in [6, 6.07) is 25.1. The molecule has 0 saturated carbocycles. The molecule has 1 N–H and O–H groups in total. The Bertz CT molecular complexity index is 2110. The van der Waals surface area contributed by atoms with E-state index in [2.05, 4.69) is 151 Å². The molecule has 0 unspecified atom stereocenters. The Morgan fingerprint density at radius 1 is 0.514 bits per heavy atom. The van der Waals surface area contributed by atoms with Crippen molar-refractivity contribution in [2.75, 3.05) is 78.5 Å². The quantitative estimate of drug-likeness (QED) is 0.144. The van der Waals surface area contributed by atoms with Crippen molar-refractivity contribution in [3.05, 3.63) is 98.4 Å². The van der Waals surface area contributed by atoms with Crippen LogP contribution in [0.4, 0.5) is 14.4 Å². The lowest BCUT2D eigenvalue weighted by Crippen LogP contribution is -2.49. The van der Waals surface area contributed by atoms with Gasteiger partial charge in [-0.05, 0) is 136 Å². The summed E-state index contributed by atoms with van der Waals surface area (Å²) >= 11 is 10.2. The maximum Gasteiger partial charge on any atom is 0.494 e. The molecule has 0 aliphatic carbocycles. The third kappa shape index (κ3) is 21.9. The number of nitrogens with zero attached hydrogens (tertiary/aromatic N) is 5. The van der Waals surface area contributed by atoms with Gasteiger partial charge in [-0.1, -0.05) is 96.3 Å². The highest BCUT2D eigenvalue weighted by atomic mass is 79.9. The molecule has 0 radical (unpaired) electrons. The number of alkyl halides is 1. The molecule has 7 rings (SSSR count). The monoisotopic (exact) mass is 1190 g/mol. The molecular weight excluding hydrogens is 1110 g/mol. The van der Waals surface area contributed by atoms with Crippen LogP contribution in [0.15, 0.2) is 81.7 Å². The molecule has 3 aromatic carbocycles. The number of benzene rings is 3. The summed E-state index contributed by atoms with van der Waals surface area (Å²) in [5, 5.41) is 4.11. The highest BCUT2D eigenvalue weighted by Crippen LogP contribution is 2.36. The van der Waals surface area contributed by atoms with E-state index in [9.17, 15) is 14.4 Å². The van der Waals surface area contributed by atoms with Crippen LogP contribution in [0.2, 0.25) is 0 Å². The minimum atomic E-state index is -0.451. The highest BCUT2D eigenvalue weighted by Gasteiger charge is 2.51. The minimum Gasteiger partial charge on any atom is -0.444 e. The van der Waals surface area contributed by atoms with E-state index in [1.165, 1.54) is 16.7 Å². The van der Waals surface area contributed by atoms with Gasteiger partial charge in [-0.3, -0.25) is 9.80 Å². The molecule has 4 aliphatic rings. The van der Waals surface area contributed by atoms with E-state index in [4.69, 9.17) is 23.5 Å². The first-order valence-electron chi connectivity index (χ1n) is 25.1. The summed E-state index contributed by atoms with van der Waals surface area (Å²) in [5.74, 6) is 0. The highest BCUT2D eigenvalue weighted by molar-refractivity contribution is 9.10. The molecule has 72 heavy (non-hydrogen) atoms. The summed E-state index contributed by atoms with van der Waals surface area (Å²) in [6.45, 7) is 36.6. The van der Waals surface area contributed by atoms with Crippen LogP contribution in [0, 0.1) is 0 Å². The van der Waals surface area contributed by atoms with Gasteiger partial charge in [0.1, 0.15) is 16.8 Å². The largest absolute Gasteiger partial charge is 0.494 e. The zero-order valence-electron chi connectivity index (χ0n) is 45.2. The molecule has 0 atom stereocenters. The van der Waals surface area contributed by atoms with Crippen molar-refractivity contribution in [1.29, 1.82) is 0 Å². The second-order valence-electron chi connectivity index (χ2n) is 22.4. The lowest BCUT2D eigenvalue weighted by Gasteiger charge is -2.35. The van der Waals surface area contributed by atoms with Crippen LogP contribution in [0.3, 0.4) is 0 Å². The molecule has 0 bridgehead atoms. The van der Waals surface area contributed by atoms with Crippen LogP contribution in [-0.4, -0.2) is 156 Å². The first-order valence-corrected chi connectivity index (χ1v) is 27.8. The van der Waals surface area contributed by atoms with Gasteiger partial charge in [-0.2, -0.15) is 0 Å². The maximum atomic E-state index is 12.2. The maximum absolute atomic E-state index is 12.2. The van der Waals surface area contributed by atoms with Crippen molar-refractivity contribution in [1.82, 2.24) is 29.8 Å². The van der Waals surface area contributed by atoms with Crippen molar-refractivity contribution in [3.8, 4) is 0 Å². The topological polar surface area (TPSA) is 126 Å². The Balaban J connectivity index is 0.000000227. The lowest BCUT2D eigenvalue weighted by atomic mass is 9.79. The first kappa shape index (κ1) is 61.3. The number of carbonyl (C=O) groups is 3. The summed E-state index contributed by atoms with van der Waals surface area (Å²) < 4.78 is 30.6. The van der Waals surface area contributed by atoms with Crippen LogP contribution in [0.1, 0.15) is 107 Å². The molecule has 4 fully saturated rings. The zero-order chi connectivity index (χ0) is 53.5. The van der Waals surface area contributed by atoms with Crippen LogP contribution in [0.25, 0.3) is 0 Å². The Hall–Kier alpha value is -3.23.